The van der Waals surface area contributed by atoms with Crippen molar-refractivity contribution in [3.05, 3.63) is 34.1 Å². The molecular formula is C16H22BrFN2O2. The fourth-order valence-electron chi connectivity index (χ4n) is 2.85. The number of amides is 1. The second kappa shape index (κ2) is 8.04. The molecular weight excluding hydrogens is 351 g/mol. The molecule has 0 radical (unpaired) electrons. The van der Waals surface area contributed by atoms with E-state index in [0.29, 0.717) is 25.1 Å². The number of piperidine rings is 1. The third-order valence-corrected chi connectivity index (χ3v) is 4.64. The molecule has 6 heteroatoms. The van der Waals surface area contributed by atoms with Crippen LogP contribution in [0.2, 0.25) is 0 Å². The molecule has 1 aliphatic rings. The minimum Gasteiger partial charge on any atom is -0.384 e. The summed E-state index contributed by atoms with van der Waals surface area (Å²) in [6, 6.07) is 4.84. The number of benzene rings is 1. The summed E-state index contributed by atoms with van der Waals surface area (Å²) in [7, 11) is 1.62. The largest absolute Gasteiger partial charge is 0.384 e. The van der Waals surface area contributed by atoms with Gasteiger partial charge in [-0.2, -0.15) is 0 Å². The van der Waals surface area contributed by atoms with Crippen molar-refractivity contribution in [2.45, 2.75) is 19.3 Å². The number of rotatable bonds is 6. The summed E-state index contributed by atoms with van der Waals surface area (Å²) in [5.41, 5.74) is 0.135. The molecule has 122 valence electrons. The van der Waals surface area contributed by atoms with E-state index < -0.39 is 5.41 Å². The van der Waals surface area contributed by atoms with Gasteiger partial charge < -0.3 is 15.4 Å². The smallest absolute Gasteiger partial charge is 0.228 e. The molecule has 1 saturated heterocycles. The number of hydrogen-bond acceptors (Lipinski definition) is 3. The molecule has 0 aliphatic carbocycles. The number of methoxy groups -OCH3 is 1. The van der Waals surface area contributed by atoms with Crippen molar-refractivity contribution in [2.75, 3.05) is 33.4 Å². The maximum Gasteiger partial charge on any atom is 0.228 e. The molecule has 2 N–H and O–H groups in total. The normalized spacial score (nSPS) is 17.2. The van der Waals surface area contributed by atoms with Crippen LogP contribution in [-0.4, -0.2) is 39.3 Å². The molecule has 1 aromatic rings. The van der Waals surface area contributed by atoms with E-state index in [0.717, 1.165) is 30.4 Å². The van der Waals surface area contributed by atoms with Crippen LogP contribution in [0.15, 0.2) is 22.7 Å². The number of carbonyl (C=O) groups excluding carboxylic acids is 1. The Balaban J connectivity index is 1.92. The molecule has 1 amide bonds. The van der Waals surface area contributed by atoms with Crippen molar-refractivity contribution in [1.82, 2.24) is 10.6 Å². The van der Waals surface area contributed by atoms with Crippen molar-refractivity contribution in [1.29, 1.82) is 0 Å². The molecule has 22 heavy (non-hydrogen) atoms. The molecule has 1 fully saturated rings. The van der Waals surface area contributed by atoms with Gasteiger partial charge in [0.15, 0.2) is 0 Å². The highest BCUT2D eigenvalue weighted by molar-refractivity contribution is 9.10. The first-order valence-electron chi connectivity index (χ1n) is 7.49. The minimum atomic E-state index is -0.462. The van der Waals surface area contributed by atoms with Crippen LogP contribution in [-0.2, 0) is 16.0 Å². The van der Waals surface area contributed by atoms with Gasteiger partial charge in [0.2, 0.25) is 5.91 Å². The summed E-state index contributed by atoms with van der Waals surface area (Å²) < 4.78 is 19.8. The number of nitrogens with one attached hydrogen (secondary N) is 2. The summed E-state index contributed by atoms with van der Waals surface area (Å²) in [6.45, 7) is 2.48. The molecule has 4 nitrogen and oxygen atoms in total. The summed E-state index contributed by atoms with van der Waals surface area (Å²) in [4.78, 5) is 12.5. The lowest BCUT2D eigenvalue weighted by Gasteiger charge is -2.35. The van der Waals surface area contributed by atoms with Gasteiger partial charge in [-0.1, -0.05) is 15.9 Å². The highest BCUT2D eigenvalue weighted by atomic mass is 79.9. The predicted octanol–water partition coefficient (Wildman–Crippen LogP) is 2.26. The Kier molecular flexibility index (Phi) is 6.35. The number of hydrogen-bond donors (Lipinski definition) is 2. The van der Waals surface area contributed by atoms with E-state index in [2.05, 4.69) is 26.6 Å². The van der Waals surface area contributed by atoms with Crippen LogP contribution in [0.25, 0.3) is 0 Å². The molecule has 1 heterocycles. The standard InChI is InChI=1S/C16H22BrFN2O2/c1-22-11-16(5-8-19-9-6-16)15(21)20-7-4-12-10-13(17)2-3-14(12)18/h2-3,10,19H,4-9,11H2,1H3,(H,20,21). The average molecular weight is 373 g/mol. The van der Waals surface area contributed by atoms with E-state index in [1.165, 1.54) is 6.07 Å². The van der Waals surface area contributed by atoms with Crippen LogP contribution in [0.3, 0.4) is 0 Å². The van der Waals surface area contributed by atoms with Gasteiger partial charge in [-0.15, -0.1) is 0 Å². The number of ether oxygens (including phenoxy) is 1. The number of carbonyl (C=O) groups is 1. The second-order valence-electron chi connectivity index (χ2n) is 5.70. The lowest BCUT2D eigenvalue weighted by atomic mass is 9.78. The van der Waals surface area contributed by atoms with Crippen molar-refractivity contribution in [3.63, 3.8) is 0 Å². The highest BCUT2D eigenvalue weighted by Crippen LogP contribution is 2.29. The van der Waals surface area contributed by atoms with Gasteiger partial charge in [0.25, 0.3) is 0 Å². The van der Waals surface area contributed by atoms with Gasteiger partial charge in [-0.25, -0.2) is 4.39 Å². The van der Waals surface area contributed by atoms with E-state index in [-0.39, 0.29) is 11.7 Å². The van der Waals surface area contributed by atoms with E-state index in [9.17, 15) is 9.18 Å². The van der Waals surface area contributed by atoms with Crippen molar-refractivity contribution in [2.24, 2.45) is 5.41 Å². The minimum absolute atomic E-state index is 0.00579. The Morgan fingerprint density at radius 1 is 1.45 bits per heavy atom. The van der Waals surface area contributed by atoms with Crippen LogP contribution in [0.5, 0.6) is 0 Å². The van der Waals surface area contributed by atoms with Crippen molar-refractivity contribution < 1.29 is 13.9 Å². The van der Waals surface area contributed by atoms with Gasteiger partial charge in [-0.3, -0.25) is 4.79 Å². The third-order valence-electron chi connectivity index (χ3n) is 4.15. The topological polar surface area (TPSA) is 50.4 Å². The van der Waals surface area contributed by atoms with Gasteiger partial charge in [0, 0.05) is 18.1 Å². The van der Waals surface area contributed by atoms with Crippen LogP contribution in [0, 0.1) is 11.2 Å². The van der Waals surface area contributed by atoms with Crippen LogP contribution in [0.1, 0.15) is 18.4 Å². The zero-order valence-corrected chi connectivity index (χ0v) is 14.3. The predicted molar refractivity (Wildman–Crippen MR) is 87.2 cm³/mol. The molecule has 0 atom stereocenters. The first-order valence-corrected chi connectivity index (χ1v) is 8.28. The van der Waals surface area contributed by atoms with Gasteiger partial charge in [-0.05, 0) is 56.1 Å². The Bertz CT molecular complexity index is 513. The Labute approximate surface area is 138 Å². The summed E-state index contributed by atoms with van der Waals surface area (Å²) >= 11 is 3.33. The molecule has 0 saturated carbocycles. The van der Waals surface area contributed by atoms with Crippen LogP contribution < -0.4 is 10.6 Å². The molecule has 0 unspecified atom stereocenters. The highest BCUT2D eigenvalue weighted by Gasteiger charge is 2.39. The third kappa shape index (κ3) is 4.27. The Morgan fingerprint density at radius 3 is 2.86 bits per heavy atom. The molecule has 1 aliphatic heterocycles. The molecule has 0 aromatic heterocycles. The maximum atomic E-state index is 13.7. The lowest BCUT2D eigenvalue weighted by Crippen LogP contribution is -2.50. The van der Waals surface area contributed by atoms with E-state index in [4.69, 9.17) is 4.74 Å². The van der Waals surface area contributed by atoms with E-state index >= 15 is 0 Å². The first-order chi connectivity index (χ1) is 10.6. The van der Waals surface area contributed by atoms with Crippen molar-refractivity contribution >= 4 is 21.8 Å². The SMILES string of the molecule is COCC1(C(=O)NCCc2cc(Br)ccc2F)CCNCC1. The average Bonchev–Trinajstić information content (AvgIpc) is 2.52. The monoisotopic (exact) mass is 372 g/mol. The maximum absolute atomic E-state index is 13.7. The van der Waals surface area contributed by atoms with Gasteiger partial charge in [0.1, 0.15) is 5.82 Å². The lowest BCUT2D eigenvalue weighted by molar-refractivity contribution is -0.136. The quantitative estimate of drug-likeness (QED) is 0.805. The van der Waals surface area contributed by atoms with E-state index in [1.54, 1.807) is 19.2 Å². The Morgan fingerprint density at radius 2 is 2.18 bits per heavy atom. The fourth-order valence-corrected chi connectivity index (χ4v) is 3.26. The van der Waals surface area contributed by atoms with Gasteiger partial charge >= 0.3 is 0 Å². The van der Waals surface area contributed by atoms with E-state index in [1.807, 2.05) is 0 Å². The Hall–Kier alpha value is -0.980. The summed E-state index contributed by atoms with van der Waals surface area (Å²) in [5.74, 6) is -0.239. The van der Waals surface area contributed by atoms with Crippen LogP contribution >= 0.6 is 15.9 Å². The van der Waals surface area contributed by atoms with Crippen LogP contribution in [0.4, 0.5) is 4.39 Å². The van der Waals surface area contributed by atoms with Crippen molar-refractivity contribution in [3.8, 4) is 0 Å². The fraction of sp³-hybridized carbons (Fsp3) is 0.562. The number of halogens is 2. The molecule has 1 aromatic carbocycles. The zero-order chi connectivity index (χ0) is 16.0. The first kappa shape index (κ1) is 17.4. The van der Waals surface area contributed by atoms with Gasteiger partial charge in [0.05, 0.1) is 12.0 Å². The second-order valence-corrected chi connectivity index (χ2v) is 6.62. The molecule has 2 rings (SSSR count). The zero-order valence-electron chi connectivity index (χ0n) is 12.8. The summed E-state index contributed by atoms with van der Waals surface area (Å²) in [5, 5.41) is 6.20. The molecule has 0 bridgehead atoms. The summed E-state index contributed by atoms with van der Waals surface area (Å²) in [6.07, 6.45) is 1.99. The molecule has 0 spiro atoms.